The lowest BCUT2D eigenvalue weighted by molar-refractivity contribution is -0.136. The predicted octanol–water partition coefficient (Wildman–Crippen LogP) is 2.11. The second-order valence-electron chi connectivity index (χ2n) is 7.51. The molecule has 1 saturated heterocycles. The van der Waals surface area contributed by atoms with E-state index in [1.807, 2.05) is 4.90 Å². The van der Waals surface area contributed by atoms with Gasteiger partial charge in [0.2, 0.25) is 5.91 Å². The minimum Gasteiger partial charge on any atom is -0.339 e. The summed E-state index contributed by atoms with van der Waals surface area (Å²) in [5.41, 5.74) is 6.10. The van der Waals surface area contributed by atoms with Gasteiger partial charge in [-0.1, -0.05) is 26.7 Å². The molecule has 5 unspecified atom stereocenters. The Bertz CT molecular complexity index is 384. The highest BCUT2D eigenvalue weighted by molar-refractivity contribution is 5.85. The van der Waals surface area contributed by atoms with Crippen molar-refractivity contribution in [3.05, 3.63) is 0 Å². The molecule has 3 aliphatic rings. The first-order valence-electron chi connectivity index (χ1n) is 8.88. The van der Waals surface area contributed by atoms with Gasteiger partial charge in [-0.2, -0.15) is 0 Å². The molecule has 128 valence electrons. The number of fused-ring (bicyclic) bond motifs is 2. The molecule has 1 aliphatic heterocycles. The Morgan fingerprint density at radius 3 is 2.36 bits per heavy atom. The Hall–Kier alpha value is -0.320. The van der Waals surface area contributed by atoms with Crippen molar-refractivity contribution >= 4 is 18.3 Å². The lowest BCUT2D eigenvalue weighted by atomic mass is 9.93. The Kier molecular flexibility index (Phi) is 6.14. The Morgan fingerprint density at radius 1 is 1.18 bits per heavy atom. The maximum atomic E-state index is 12.4. The summed E-state index contributed by atoms with van der Waals surface area (Å²) in [5, 5.41) is 0. The van der Waals surface area contributed by atoms with Gasteiger partial charge in [0, 0.05) is 32.2 Å². The molecule has 1 heterocycles. The number of hydrogen-bond donors (Lipinski definition) is 1. The zero-order valence-electron chi connectivity index (χ0n) is 14.0. The van der Waals surface area contributed by atoms with Crippen LogP contribution in [0.2, 0.25) is 0 Å². The van der Waals surface area contributed by atoms with E-state index in [0.29, 0.717) is 0 Å². The fraction of sp³-hybridized carbons (Fsp3) is 0.941. The molecule has 0 aromatic heterocycles. The van der Waals surface area contributed by atoms with Crippen molar-refractivity contribution in [2.75, 3.05) is 26.2 Å². The first kappa shape index (κ1) is 18.0. The van der Waals surface area contributed by atoms with Crippen molar-refractivity contribution in [2.24, 2.45) is 23.5 Å². The summed E-state index contributed by atoms with van der Waals surface area (Å²) in [6.07, 6.45) is 6.74. The maximum absolute atomic E-state index is 12.4. The van der Waals surface area contributed by atoms with Crippen molar-refractivity contribution < 1.29 is 4.79 Å². The van der Waals surface area contributed by atoms with Crippen LogP contribution in [0.25, 0.3) is 0 Å². The van der Waals surface area contributed by atoms with Gasteiger partial charge in [0.1, 0.15) is 0 Å². The second-order valence-corrected chi connectivity index (χ2v) is 7.51. The van der Waals surface area contributed by atoms with E-state index in [1.54, 1.807) is 0 Å². The number of carbonyl (C=O) groups is 1. The SMILES string of the molecule is CCC(C)C(N)C(=O)N1CCN(C2CC3CCC2C3)CC1.Cl. The van der Waals surface area contributed by atoms with Crippen LogP contribution in [-0.4, -0.2) is 54.0 Å². The number of nitrogens with two attached hydrogens (primary N) is 1. The van der Waals surface area contributed by atoms with Gasteiger partial charge in [-0.15, -0.1) is 12.4 Å². The van der Waals surface area contributed by atoms with Gasteiger partial charge in [0.15, 0.2) is 0 Å². The minimum atomic E-state index is -0.316. The Labute approximate surface area is 141 Å². The van der Waals surface area contributed by atoms with Gasteiger partial charge in [0.05, 0.1) is 6.04 Å². The number of nitrogens with zero attached hydrogens (tertiary/aromatic N) is 2. The van der Waals surface area contributed by atoms with E-state index in [9.17, 15) is 4.79 Å². The average Bonchev–Trinajstić information content (AvgIpc) is 3.16. The number of rotatable bonds is 4. The molecule has 0 radical (unpaired) electrons. The molecule has 5 heteroatoms. The number of amides is 1. The summed E-state index contributed by atoms with van der Waals surface area (Å²) in [6, 6.07) is 0.494. The topological polar surface area (TPSA) is 49.6 Å². The van der Waals surface area contributed by atoms with Gasteiger partial charge in [-0.05, 0) is 37.0 Å². The molecular weight excluding hydrogens is 298 g/mol. The standard InChI is InChI=1S/C17H31N3O.ClH/c1-3-12(2)16(18)17(21)20-8-6-19(7-9-20)15-11-13-4-5-14(15)10-13;/h12-16H,3-11,18H2,1-2H3;1H. The molecule has 22 heavy (non-hydrogen) atoms. The number of halogens is 1. The predicted molar refractivity (Wildman–Crippen MR) is 92.1 cm³/mol. The highest BCUT2D eigenvalue weighted by Crippen LogP contribution is 2.46. The van der Waals surface area contributed by atoms with Crippen LogP contribution >= 0.6 is 12.4 Å². The van der Waals surface area contributed by atoms with E-state index in [4.69, 9.17) is 5.73 Å². The molecule has 0 aromatic rings. The summed E-state index contributed by atoms with van der Waals surface area (Å²) in [5.74, 6) is 2.39. The third kappa shape index (κ3) is 3.44. The molecule has 0 spiro atoms. The number of hydrogen-bond acceptors (Lipinski definition) is 3. The summed E-state index contributed by atoms with van der Waals surface area (Å²) < 4.78 is 0. The molecule has 2 bridgehead atoms. The summed E-state index contributed by atoms with van der Waals surface area (Å²) in [6.45, 7) is 8.02. The average molecular weight is 330 g/mol. The van der Waals surface area contributed by atoms with Crippen LogP contribution in [-0.2, 0) is 4.79 Å². The van der Waals surface area contributed by atoms with Crippen LogP contribution in [0.3, 0.4) is 0 Å². The van der Waals surface area contributed by atoms with Gasteiger partial charge in [0.25, 0.3) is 0 Å². The highest BCUT2D eigenvalue weighted by Gasteiger charge is 2.43. The molecule has 4 nitrogen and oxygen atoms in total. The van der Waals surface area contributed by atoms with Crippen molar-refractivity contribution in [3.63, 3.8) is 0 Å². The lowest BCUT2D eigenvalue weighted by Crippen LogP contribution is -2.56. The number of carbonyl (C=O) groups excluding carboxylic acids is 1. The van der Waals surface area contributed by atoms with Gasteiger partial charge in [-0.25, -0.2) is 0 Å². The molecule has 2 aliphatic carbocycles. The van der Waals surface area contributed by atoms with Gasteiger partial charge in [-0.3, -0.25) is 9.69 Å². The fourth-order valence-corrected chi connectivity index (χ4v) is 4.64. The molecule has 2 saturated carbocycles. The van der Waals surface area contributed by atoms with Crippen LogP contribution in [0.5, 0.6) is 0 Å². The van der Waals surface area contributed by atoms with E-state index in [0.717, 1.165) is 50.5 Å². The third-order valence-corrected chi connectivity index (χ3v) is 6.34. The summed E-state index contributed by atoms with van der Waals surface area (Å²) >= 11 is 0. The van der Waals surface area contributed by atoms with Crippen LogP contribution < -0.4 is 5.73 Å². The monoisotopic (exact) mass is 329 g/mol. The van der Waals surface area contributed by atoms with Crippen molar-refractivity contribution in [1.82, 2.24) is 9.80 Å². The first-order chi connectivity index (χ1) is 10.1. The molecule has 2 N–H and O–H groups in total. The van der Waals surface area contributed by atoms with Gasteiger partial charge < -0.3 is 10.6 Å². The molecule has 3 fully saturated rings. The quantitative estimate of drug-likeness (QED) is 0.859. The first-order valence-corrected chi connectivity index (χ1v) is 8.88. The van der Waals surface area contributed by atoms with E-state index in [-0.39, 0.29) is 30.3 Å². The van der Waals surface area contributed by atoms with E-state index >= 15 is 0 Å². The summed E-state index contributed by atoms with van der Waals surface area (Å²) in [7, 11) is 0. The highest BCUT2D eigenvalue weighted by atomic mass is 35.5. The Morgan fingerprint density at radius 2 is 1.86 bits per heavy atom. The Balaban J connectivity index is 0.00000176. The lowest BCUT2D eigenvalue weighted by Gasteiger charge is -2.41. The van der Waals surface area contributed by atoms with E-state index in [1.165, 1.54) is 25.7 Å². The van der Waals surface area contributed by atoms with Gasteiger partial charge >= 0.3 is 0 Å². The molecule has 1 amide bonds. The zero-order valence-corrected chi connectivity index (χ0v) is 14.9. The number of piperazine rings is 1. The molecule has 5 atom stereocenters. The van der Waals surface area contributed by atoms with Crippen LogP contribution in [0.15, 0.2) is 0 Å². The van der Waals surface area contributed by atoms with Crippen LogP contribution in [0.1, 0.15) is 46.0 Å². The molecule has 0 aromatic carbocycles. The van der Waals surface area contributed by atoms with Crippen molar-refractivity contribution in [2.45, 2.75) is 58.0 Å². The van der Waals surface area contributed by atoms with Crippen molar-refractivity contribution in [3.8, 4) is 0 Å². The maximum Gasteiger partial charge on any atom is 0.239 e. The second kappa shape index (κ2) is 7.50. The smallest absolute Gasteiger partial charge is 0.239 e. The zero-order chi connectivity index (χ0) is 15.0. The summed E-state index contributed by atoms with van der Waals surface area (Å²) in [4.78, 5) is 17.1. The third-order valence-electron chi connectivity index (χ3n) is 6.34. The normalized spacial score (nSPS) is 34.3. The molecule has 3 rings (SSSR count). The molecular formula is C17H32ClN3O. The largest absolute Gasteiger partial charge is 0.339 e. The van der Waals surface area contributed by atoms with Crippen molar-refractivity contribution in [1.29, 1.82) is 0 Å². The van der Waals surface area contributed by atoms with E-state index in [2.05, 4.69) is 18.7 Å². The van der Waals surface area contributed by atoms with E-state index < -0.39 is 0 Å². The van der Waals surface area contributed by atoms with Crippen LogP contribution in [0, 0.1) is 17.8 Å². The fourth-order valence-electron chi connectivity index (χ4n) is 4.64. The minimum absolute atomic E-state index is 0. The van der Waals surface area contributed by atoms with Crippen LogP contribution in [0.4, 0.5) is 0 Å².